The standard InChI is InChI=1S/C17H18O5/c1-21-13-7-3-5-11(9-13)15(18)17(20)16(19)12-6-4-8-14(10-12)22-2/h3-10,15-16,18-19H,1-2H3. The molecular weight excluding hydrogens is 284 g/mol. The number of ketones is 1. The lowest BCUT2D eigenvalue weighted by atomic mass is 9.97. The van der Waals surface area contributed by atoms with Gasteiger partial charge in [-0.2, -0.15) is 0 Å². The molecule has 0 aliphatic carbocycles. The zero-order valence-corrected chi connectivity index (χ0v) is 12.4. The molecule has 0 heterocycles. The van der Waals surface area contributed by atoms with E-state index in [0.29, 0.717) is 22.6 Å². The third-order valence-electron chi connectivity index (χ3n) is 3.36. The van der Waals surface area contributed by atoms with Gasteiger partial charge in [0.05, 0.1) is 14.2 Å². The Balaban J connectivity index is 2.21. The number of methoxy groups -OCH3 is 2. The van der Waals surface area contributed by atoms with Crippen molar-refractivity contribution in [2.75, 3.05) is 14.2 Å². The summed E-state index contributed by atoms with van der Waals surface area (Å²) in [6, 6.07) is 13.1. The van der Waals surface area contributed by atoms with E-state index >= 15 is 0 Å². The van der Waals surface area contributed by atoms with Gasteiger partial charge in [0.1, 0.15) is 23.7 Å². The Hall–Kier alpha value is -2.37. The minimum atomic E-state index is -1.43. The molecule has 0 saturated carbocycles. The van der Waals surface area contributed by atoms with Gasteiger partial charge < -0.3 is 19.7 Å². The van der Waals surface area contributed by atoms with E-state index in [9.17, 15) is 15.0 Å². The van der Waals surface area contributed by atoms with Crippen LogP contribution in [0.4, 0.5) is 0 Å². The lowest BCUT2D eigenvalue weighted by Crippen LogP contribution is -2.20. The average Bonchev–Trinajstić information content (AvgIpc) is 2.59. The van der Waals surface area contributed by atoms with Crippen molar-refractivity contribution in [1.82, 2.24) is 0 Å². The Morgan fingerprint density at radius 2 is 1.27 bits per heavy atom. The van der Waals surface area contributed by atoms with Crippen molar-refractivity contribution in [3.63, 3.8) is 0 Å². The second-order valence-electron chi connectivity index (χ2n) is 4.76. The van der Waals surface area contributed by atoms with Crippen molar-refractivity contribution in [2.24, 2.45) is 0 Å². The molecule has 5 nitrogen and oxygen atoms in total. The second kappa shape index (κ2) is 7.06. The Morgan fingerprint density at radius 1 is 0.864 bits per heavy atom. The molecule has 0 amide bonds. The molecule has 0 aliphatic rings. The third kappa shape index (κ3) is 3.44. The summed E-state index contributed by atoms with van der Waals surface area (Å²) in [6.07, 6.45) is -2.87. The van der Waals surface area contributed by atoms with Crippen LogP contribution in [0.15, 0.2) is 48.5 Å². The van der Waals surface area contributed by atoms with E-state index in [1.54, 1.807) is 48.5 Å². The maximum Gasteiger partial charge on any atom is 0.198 e. The van der Waals surface area contributed by atoms with Crippen LogP contribution in [0.3, 0.4) is 0 Å². The first-order valence-corrected chi connectivity index (χ1v) is 6.74. The number of aliphatic hydroxyl groups excluding tert-OH is 2. The SMILES string of the molecule is COc1cccc(C(O)C(=O)C(O)c2cccc(OC)c2)c1. The topological polar surface area (TPSA) is 76.0 Å². The molecule has 116 valence electrons. The summed E-state index contributed by atoms with van der Waals surface area (Å²) in [6.45, 7) is 0. The molecule has 5 heteroatoms. The molecule has 0 aliphatic heterocycles. The van der Waals surface area contributed by atoms with Crippen LogP contribution in [0.1, 0.15) is 23.3 Å². The van der Waals surface area contributed by atoms with Gasteiger partial charge in [0.25, 0.3) is 0 Å². The molecule has 0 spiro atoms. The Labute approximate surface area is 128 Å². The number of ether oxygens (including phenoxy) is 2. The van der Waals surface area contributed by atoms with Crippen molar-refractivity contribution in [1.29, 1.82) is 0 Å². The summed E-state index contributed by atoms with van der Waals surface area (Å²) in [7, 11) is 3.00. The van der Waals surface area contributed by atoms with Gasteiger partial charge in [-0.25, -0.2) is 0 Å². The van der Waals surface area contributed by atoms with Crippen LogP contribution in [0.5, 0.6) is 11.5 Å². The highest BCUT2D eigenvalue weighted by Crippen LogP contribution is 2.27. The fourth-order valence-electron chi connectivity index (χ4n) is 2.10. The maximum absolute atomic E-state index is 12.3. The Kier molecular flexibility index (Phi) is 5.14. The maximum atomic E-state index is 12.3. The zero-order chi connectivity index (χ0) is 16.1. The number of Topliss-reactive ketones (excluding diaryl/α,β-unsaturated/α-hetero) is 1. The van der Waals surface area contributed by atoms with Crippen molar-refractivity contribution in [2.45, 2.75) is 12.2 Å². The van der Waals surface area contributed by atoms with Crippen LogP contribution in [-0.2, 0) is 4.79 Å². The molecule has 0 radical (unpaired) electrons. The van der Waals surface area contributed by atoms with Crippen LogP contribution < -0.4 is 9.47 Å². The van der Waals surface area contributed by atoms with Crippen LogP contribution in [0.25, 0.3) is 0 Å². The summed E-state index contributed by atoms with van der Waals surface area (Å²) in [5, 5.41) is 20.3. The Morgan fingerprint density at radius 3 is 1.64 bits per heavy atom. The van der Waals surface area contributed by atoms with Crippen LogP contribution >= 0.6 is 0 Å². The second-order valence-corrected chi connectivity index (χ2v) is 4.76. The molecule has 2 unspecified atom stereocenters. The fourth-order valence-corrected chi connectivity index (χ4v) is 2.10. The quantitative estimate of drug-likeness (QED) is 0.854. The third-order valence-corrected chi connectivity index (χ3v) is 3.36. The highest BCUT2D eigenvalue weighted by Gasteiger charge is 2.26. The van der Waals surface area contributed by atoms with Gasteiger partial charge in [0.15, 0.2) is 5.78 Å². The Bertz CT molecular complexity index is 598. The first-order chi connectivity index (χ1) is 10.6. The van der Waals surface area contributed by atoms with Gasteiger partial charge in [-0.3, -0.25) is 4.79 Å². The summed E-state index contributed by atoms with van der Waals surface area (Å²) < 4.78 is 10.1. The smallest absolute Gasteiger partial charge is 0.198 e. The predicted molar refractivity (Wildman–Crippen MR) is 80.9 cm³/mol. The van der Waals surface area contributed by atoms with E-state index < -0.39 is 18.0 Å². The average molecular weight is 302 g/mol. The summed E-state index contributed by atoms with van der Waals surface area (Å²) in [5.41, 5.74) is 0.734. The molecule has 2 aromatic rings. The molecule has 2 rings (SSSR count). The molecule has 2 atom stereocenters. The monoisotopic (exact) mass is 302 g/mol. The fraction of sp³-hybridized carbons (Fsp3) is 0.235. The summed E-state index contributed by atoms with van der Waals surface area (Å²) in [5.74, 6) is 0.349. The molecular formula is C17H18O5. The highest BCUT2D eigenvalue weighted by molar-refractivity contribution is 5.89. The first kappa shape index (κ1) is 16.0. The molecule has 2 aromatic carbocycles. The van der Waals surface area contributed by atoms with Gasteiger partial charge in [0.2, 0.25) is 0 Å². The largest absolute Gasteiger partial charge is 0.497 e. The van der Waals surface area contributed by atoms with Crippen LogP contribution in [0.2, 0.25) is 0 Å². The van der Waals surface area contributed by atoms with E-state index in [-0.39, 0.29) is 0 Å². The van der Waals surface area contributed by atoms with E-state index in [1.165, 1.54) is 14.2 Å². The number of hydrogen-bond donors (Lipinski definition) is 2. The van der Waals surface area contributed by atoms with E-state index in [1.807, 2.05) is 0 Å². The van der Waals surface area contributed by atoms with Crippen LogP contribution in [0, 0.1) is 0 Å². The molecule has 0 aromatic heterocycles. The van der Waals surface area contributed by atoms with Crippen molar-refractivity contribution in [3.05, 3.63) is 59.7 Å². The molecule has 22 heavy (non-hydrogen) atoms. The molecule has 0 saturated heterocycles. The lowest BCUT2D eigenvalue weighted by Gasteiger charge is -2.16. The summed E-state index contributed by atoms with van der Waals surface area (Å²) >= 11 is 0. The van der Waals surface area contributed by atoms with Crippen LogP contribution in [-0.4, -0.2) is 30.2 Å². The van der Waals surface area contributed by atoms with Gasteiger partial charge in [-0.1, -0.05) is 24.3 Å². The van der Waals surface area contributed by atoms with E-state index in [4.69, 9.17) is 9.47 Å². The summed E-state index contributed by atoms with van der Waals surface area (Å²) in [4.78, 5) is 12.3. The van der Waals surface area contributed by atoms with Crippen molar-refractivity contribution >= 4 is 5.78 Å². The molecule has 2 N–H and O–H groups in total. The number of carbonyl (C=O) groups excluding carboxylic acids is 1. The normalized spacial score (nSPS) is 13.3. The first-order valence-electron chi connectivity index (χ1n) is 6.74. The number of rotatable bonds is 6. The number of hydrogen-bond acceptors (Lipinski definition) is 5. The van der Waals surface area contributed by atoms with Gasteiger partial charge >= 0.3 is 0 Å². The van der Waals surface area contributed by atoms with Gasteiger partial charge in [-0.05, 0) is 35.4 Å². The number of carbonyl (C=O) groups is 1. The predicted octanol–water partition coefficient (Wildman–Crippen LogP) is 2.04. The van der Waals surface area contributed by atoms with Crippen molar-refractivity contribution < 1.29 is 24.5 Å². The number of benzene rings is 2. The van der Waals surface area contributed by atoms with Crippen molar-refractivity contribution in [3.8, 4) is 11.5 Å². The minimum Gasteiger partial charge on any atom is -0.497 e. The molecule has 0 fully saturated rings. The highest BCUT2D eigenvalue weighted by atomic mass is 16.5. The van der Waals surface area contributed by atoms with Gasteiger partial charge in [-0.15, -0.1) is 0 Å². The minimum absolute atomic E-state index is 0.367. The number of aliphatic hydroxyl groups is 2. The van der Waals surface area contributed by atoms with E-state index in [2.05, 4.69) is 0 Å². The van der Waals surface area contributed by atoms with Gasteiger partial charge in [0, 0.05) is 0 Å². The van der Waals surface area contributed by atoms with E-state index in [0.717, 1.165) is 0 Å². The lowest BCUT2D eigenvalue weighted by molar-refractivity contribution is -0.136. The zero-order valence-electron chi connectivity index (χ0n) is 12.4. The molecule has 0 bridgehead atoms.